The Kier molecular flexibility index (Phi) is 5.60. The largest absolute Gasteiger partial charge is 0.465 e. The minimum Gasteiger partial charge on any atom is -0.465 e. The molecule has 0 spiro atoms. The Bertz CT molecular complexity index is 989. The fourth-order valence-electron chi connectivity index (χ4n) is 4.31. The Hall–Kier alpha value is -3.09. The van der Waals surface area contributed by atoms with E-state index in [2.05, 4.69) is 0 Å². The fraction of sp³-hybridized carbons (Fsp3) is 0.240. The van der Waals surface area contributed by atoms with E-state index in [1.807, 2.05) is 0 Å². The summed E-state index contributed by atoms with van der Waals surface area (Å²) >= 11 is 0. The number of ether oxygens (including phenoxy) is 1. The summed E-state index contributed by atoms with van der Waals surface area (Å²) in [6.07, 6.45) is -2.13. The fourth-order valence-corrected chi connectivity index (χ4v) is 4.31. The first-order valence-electron chi connectivity index (χ1n) is 10.1. The van der Waals surface area contributed by atoms with Gasteiger partial charge in [0.1, 0.15) is 11.6 Å². The van der Waals surface area contributed by atoms with Gasteiger partial charge < -0.3 is 9.84 Å². The van der Waals surface area contributed by atoms with Crippen LogP contribution in [-0.2, 0) is 15.1 Å². The van der Waals surface area contributed by atoms with Crippen molar-refractivity contribution in [2.45, 2.75) is 30.7 Å². The van der Waals surface area contributed by atoms with Gasteiger partial charge in [0.15, 0.2) is 6.10 Å². The number of halogens is 2. The van der Waals surface area contributed by atoms with Crippen molar-refractivity contribution in [1.82, 2.24) is 4.90 Å². The molecule has 3 unspecified atom stereocenters. The molecule has 3 atom stereocenters. The molecule has 1 fully saturated rings. The summed E-state index contributed by atoms with van der Waals surface area (Å²) in [5, 5.41) is 10.7. The number of esters is 1. The van der Waals surface area contributed by atoms with Crippen LogP contribution in [0.1, 0.15) is 29.7 Å². The van der Waals surface area contributed by atoms with Crippen LogP contribution >= 0.6 is 0 Å². The number of carbonyl (C=O) groups excluding carboxylic acids is 1. The number of carbonyl (C=O) groups is 1. The molecular weight excluding hydrogens is 400 g/mol. The molecule has 0 radical (unpaired) electrons. The number of benzene rings is 3. The molecule has 160 valence electrons. The van der Waals surface area contributed by atoms with Crippen LogP contribution in [0.2, 0.25) is 0 Å². The first-order valence-corrected chi connectivity index (χ1v) is 10.1. The summed E-state index contributed by atoms with van der Waals surface area (Å²) in [6.45, 7) is 1.70. The molecule has 1 saturated heterocycles. The SMILES string of the molecule is CCOC(=O)C1N(C(F)(F)C(O)c2ccccc2)C1(c1ccccc1)c1ccccc1. The van der Waals surface area contributed by atoms with E-state index in [4.69, 9.17) is 4.74 Å². The number of hydrogen-bond acceptors (Lipinski definition) is 4. The molecule has 6 heteroatoms. The van der Waals surface area contributed by atoms with E-state index in [0.717, 1.165) is 4.90 Å². The zero-order chi connectivity index (χ0) is 22.1. The minimum atomic E-state index is -3.75. The highest BCUT2D eigenvalue weighted by atomic mass is 19.3. The third-order valence-corrected chi connectivity index (χ3v) is 5.67. The van der Waals surface area contributed by atoms with Gasteiger partial charge in [-0.3, -0.25) is 4.79 Å². The summed E-state index contributed by atoms with van der Waals surface area (Å²) in [5.41, 5.74) is -0.344. The highest BCUT2D eigenvalue weighted by molar-refractivity contribution is 5.85. The Morgan fingerprint density at radius 2 is 1.42 bits per heavy atom. The lowest BCUT2D eigenvalue weighted by Crippen LogP contribution is -2.39. The van der Waals surface area contributed by atoms with Gasteiger partial charge in [-0.05, 0) is 23.6 Å². The van der Waals surface area contributed by atoms with Gasteiger partial charge in [0.05, 0.1) is 6.61 Å². The number of hydrogen-bond donors (Lipinski definition) is 1. The number of aliphatic hydroxyl groups is 1. The van der Waals surface area contributed by atoms with Crippen molar-refractivity contribution in [2.24, 2.45) is 0 Å². The first-order chi connectivity index (χ1) is 15.0. The second kappa shape index (κ2) is 8.21. The van der Waals surface area contributed by atoms with Gasteiger partial charge in [-0.2, -0.15) is 8.78 Å². The lowest BCUT2D eigenvalue weighted by atomic mass is 9.87. The number of nitrogens with zero attached hydrogens (tertiary/aromatic N) is 1. The summed E-state index contributed by atoms with van der Waals surface area (Å²) in [5.74, 6) is -0.754. The summed E-state index contributed by atoms with van der Waals surface area (Å²) in [6, 6.07) is 20.1. The highest BCUT2D eigenvalue weighted by Crippen LogP contribution is 2.62. The highest BCUT2D eigenvalue weighted by Gasteiger charge is 2.78. The number of alkyl halides is 2. The summed E-state index contributed by atoms with van der Waals surface area (Å²) in [4.78, 5) is 13.7. The molecule has 0 bridgehead atoms. The second-order valence-corrected chi connectivity index (χ2v) is 7.42. The van der Waals surface area contributed by atoms with Crippen molar-refractivity contribution in [1.29, 1.82) is 0 Å². The maximum absolute atomic E-state index is 15.9. The van der Waals surface area contributed by atoms with Gasteiger partial charge >= 0.3 is 12.0 Å². The van der Waals surface area contributed by atoms with E-state index in [-0.39, 0.29) is 12.2 Å². The van der Waals surface area contributed by atoms with E-state index in [9.17, 15) is 9.90 Å². The van der Waals surface area contributed by atoms with Gasteiger partial charge in [0, 0.05) is 0 Å². The van der Waals surface area contributed by atoms with Crippen LogP contribution in [0.5, 0.6) is 0 Å². The van der Waals surface area contributed by atoms with Crippen molar-refractivity contribution in [3.8, 4) is 0 Å². The maximum atomic E-state index is 15.9. The van der Waals surface area contributed by atoms with Gasteiger partial charge in [0.25, 0.3) is 0 Å². The third-order valence-electron chi connectivity index (χ3n) is 5.67. The normalized spacial score (nSPS) is 20.6. The van der Waals surface area contributed by atoms with Crippen LogP contribution in [0.3, 0.4) is 0 Å². The van der Waals surface area contributed by atoms with E-state index >= 15 is 8.78 Å². The third kappa shape index (κ3) is 3.42. The molecule has 0 aliphatic carbocycles. The van der Waals surface area contributed by atoms with Gasteiger partial charge in [-0.1, -0.05) is 91.0 Å². The molecule has 0 amide bonds. The molecular formula is C25H23F2NO3. The molecule has 0 aromatic heterocycles. The van der Waals surface area contributed by atoms with Gasteiger partial charge in [-0.25, -0.2) is 4.90 Å². The monoisotopic (exact) mass is 423 g/mol. The maximum Gasteiger partial charge on any atom is 0.336 e. The Morgan fingerprint density at radius 1 is 0.968 bits per heavy atom. The first kappa shape index (κ1) is 21.2. The lowest BCUT2D eigenvalue weighted by Gasteiger charge is -2.28. The second-order valence-electron chi connectivity index (χ2n) is 7.42. The predicted octanol–water partition coefficient (Wildman–Crippen LogP) is 4.50. The van der Waals surface area contributed by atoms with Gasteiger partial charge in [0.2, 0.25) is 0 Å². The van der Waals surface area contributed by atoms with Crippen molar-refractivity contribution in [2.75, 3.05) is 6.61 Å². The van der Waals surface area contributed by atoms with Crippen LogP contribution in [0.25, 0.3) is 0 Å². The molecule has 3 aromatic carbocycles. The predicted molar refractivity (Wildman–Crippen MR) is 112 cm³/mol. The molecule has 0 saturated carbocycles. The molecule has 4 nitrogen and oxygen atoms in total. The van der Waals surface area contributed by atoms with Crippen LogP contribution in [0, 0.1) is 0 Å². The van der Waals surface area contributed by atoms with E-state index in [1.54, 1.807) is 85.8 Å². The van der Waals surface area contributed by atoms with Gasteiger partial charge in [-0.15, -0.1) is 0 Å². The lowest BCUT2D eigenvalue weighted by molar-refractivity contribution is -0.191. The topological polar surface area (TPSA) is 49.5 Å². The van der Waals surface area contributed by atoms with E-state index in [1.165, 1.54) is 12.1 Å². The molecule has 31 heavy (non-hydrogen) atoms. The average molecular weight is 423 g/mol. The zero-order valence-electron chi connectivity index (χ0n) is 17.0. The molecule has 1 heterocycles. The van der Waals surface area contributed by atoms with E-state index in [0.29, 0.717) is 11.1 Å². The number of rotatable bonds is 7. The van der Waals surface area contributed by atoms with Crippen LogP contribution in [0.15, 0.2) is 91.0 Å². The van der Waals surface area contributed by atoms with Crippen LogP contribution < -0.4 is 0 Å². The number of aliphatic hydroxyl groups excluding tert-OH is 1. The van der Waals surface area contributed by atoms with Crippen molar-refractivity contribution in [3.05, 3.63) is 108 Å². The van der Waals surface area contributed by atoms with E-state index < -0.39 is 29.7 Å². The summed E-state index contributed by atoms with van der Waals surface area (Å²) < 4.78 is 36.9. The summed E-state index contributed by atoms with van der Waals surface area (Å²) in [7, 11) is 0. The van der Waals surface area contributed by atoms with Crippen LogP contribution in [-0.4, -0.2) is 34.7 Å². The Morgan fingerprint density at radius 3 is 1.87 bits per heavy atom. The van der Waals surface area contributed by atoms with Crippen molar-refractivity contribution < 1.29 is 23.4 Å². The minimum absolute atomic E-state index is 0.0651. The standard InChI is InChI=1S/C25H23F2NO3/c1-2-31-23(30)21-24(19-14-8-4-9-15-19,20-16-10-5-11-17-20)28(21)25(26,27)22(29)18-12-6-3-7-13-18/h3-17,21-22,29H,2H2,1H3. The van der Waals surface area contributed by atoms with Crippen molar-refractivity contribution >= 4 is 5.97 Å². The molecule has 4 rings (SSSR count). The quantitative estimate of drug-likeness (QED) is 0.345. The smallest absolute Gasteiger partial charge is 0.336 e. The zero-order valence-corrected chi connectivity index (χ0v) is 17.0. The molecule has 1 aliphatic rings. The van der Waals surface area contributed by atoms with Crippen LogP contribution in [0.4, 0.5) is 8.78 Å². The molecule has 1 aliphatic heterocycles. The average Bonchev–Trinajstić information content (AvgIpc) is 3.53. The van der Waals surface area contributed by atoms with Crippen molar-refractivity contribution in [3.63, 3.8) is 0 Å². The molecule has 3 aromatic rings. The Labute approximate surface area is 179 Å². The molecule has 1 N–H and O–H groups in total. The Balaban J connectivity index is 1.89.